The van der Waals surface area contributed by atoms with Crippen LogP contribution in [0.25, 0.3) is 0 Å². The average Bonchev–Trinajstić information content (AvgIpc) is 2.14. The lowest BCUT2D eigenvalue weighted by atomic mass is 10.0. The van der Waals surface area contributed by atoms with Crippen molar-refractivity contribution in [3.05, 3.63) is 0 Å². The highest BCUT2D eigenvalue weighted by molar-refractivity contribution is 8.01. The first kappa shape index (κ1) is 10.6. The van der Waals surface area contributed by atoms with E-state index in [0.717, 1.165) is 31.7 Å². The summed E-state index contributed by atoms with van der Waals surface area (Å²) < 4.78 is 1.68. The van der Waals surface area contributed by atoms with E-state index in [1.807, 2.05) is 11.8 Å². The summed E-state index contributed by atoms with van der Waals surface area (Å²) in [4.78, 5) is 13.8. The largest absolute Gasteiger partial charge is 0.303 e. The second-order valence-corrected chi connectivity index (χ2v) is 5.95. The van der Waals surface area contributed by atoms with Crippen LogP contribution in [0, 0.1) is 0 Å². The van der Waals surface area contributed by atoms with E-state index in [-0.39, 0.29) is 10.8 Å². The Hall–Kier alpha value is 0.130. The molecule has 0 bridgehead atoms. The first-order valence-electron chi connectivity index (χ1n) is 4.98. The number of nitrogens with zero attached hydrogens (tertiary/aromatic N) is 2. The molecule has 0 N–H and O–H groups in total. The van der Waals surface area contributed by atoms with Crippen molar-refractivity contribution in [1.82, 2.24) is 9.21 Å². The summed E-state index contributed by atoms with van der Waals surface area (Å²) in [6, 6.07) is 0. The van der Waals surface area contributed by atoms with Crippen LogP contribution in [0.2, 0.25) is 0 Å². The van der Waals surface area contributed by atoms with Gasteiger partial charge in [0.05, 0.1) is 0 Å². The zero-order valence-corrected chi connectivity index (χ0v) is 10.1. The van der Waals surface area contributed by atoms with Crippen molar-refractivity contribution in [2.75, 3.05) is 25.9 Å². The fraction of sp³-hybridized carbons (Fsp3) is 0.889. The van der Waals surface area contributed by atoms with Crippen LogP contribution in [0.5, 0.6) is 0 Å². The second-order valence-electron chi connectivity index (χ2n) is 4.09. The van der Waals surface area contributed by atoms with Gasteiger partial charge >= 0.3 is 0 Å². The van der Waals surface area contributed by atoms with Gasteiger partial charge in [0.1, 0.15) is 4.87 Å². The molecule has 2 aliphatic heterocycles. The lowest BCUT2D eigenvalue weighted by molar-refractivity contribution is -0.129. The number of likely N-dealkylation sites (tertiary alicyclic amines) is 1. The molecule has 1 amide bonds. The molecule has 0 aromatic rings. The highest BCUT2D eigenvalue weighted by Gasteiger charge is 2.44. The van der Waals surface area contributed by atoms with Gasteiger partial charge in [-0.05, 0) is 26.4 Å². The Bertz CT molecular complexity index is 245. The summed E-state index contributed by atoms with van der Waals surface area (Å²) in [5.41, 5.74) is 0. The van der Waals surface area contributed by atoms with Crippen molar-refractivity contribution in [3.8, 4) is 0 Å². The molecular formula is C9H16N2OS2. The number of carbonyl (C=O) groups is 1. The minimum absolute atomic E-state index is 0.0502. The summed E-state index contributed by atoms with van der Waals surface area (Å²) in [6.07, 6.45) is 2.88. The fourth-order valence-corrected chi connectivity index (χ4v) is 4.14. The van der Waals surface area contributed by atoms with Gasteiger partial charge in [-0.3, -0.25) is 9.10 Å². The number of amides is 1. The second kappa shape index (κ2) is 3.94. The molecule has 3 nitrogen and oxygen atoms in total. The summed E-state index contributed by atoms with van der Waals surface area (Å²) in [6.45, 7) is 2.09. The zero-order valence-electron chi connectivity index (χ0n) is 8.40. The van der Waals surface area contributed by atoms with E-state index in [0.29, 0.717) is 6.42 Å². The Balaban J connectivity index is 2.15. The van der Waals surface area contributed by atoms with Gasteiger partial charge in [-0.1, -0.05) is 12.8 Å². The molecule has 0 aliphatic carbocycles. The molecule has 2 aliphatic rings. The number of thioether (sulfide) groups is 1. The van der Waals surface area contributed by atoms with E-state index in [1.165, 1.54) is 0 Å². The third-order valence-electron chi connectivity index (χ3n) is 2.93. The molecule has 0 aromatic carbocycles. The summed E-state index contributed by atoms with van der Waals surface area (Å²) in [5.74, 6) is 1.13. The number of carbonyl (C=O) groups excluding carboxylic acids is 1. The van der Waals surface area contributed by atoms with Crippen molar-refractivity contribution in [2.45, 2.75) is 24.1 Å². The SMILES string of the molecule is CN1CCCC2(C1)SCCC(=O)N2S. The highest BCUT2D eigenvalue weighted by Crippen LogP contribution is 2.42. The molecule has 2 heterocycles. The van der Waals surface area contributed by atoms with E-state index in [4.69, 9.17) is 0 Å². The summed E-state index contributed by atoms with van der Waals surface area (Å²) >= 11 is 6.25. The monoisotopic (exact) mass is 232 g/mol. The maximum atomic E-state index is 11.6. The van der Waals surface area contributed by atoms with Gasteiger partial charge in [0.15, 0.2) is 0 Å². The van der Waals surface area contributed by atoms with Crippen molar-refractivity contribution in [2.24, 2.45) is 0 Å². The first-order chi connectivity index (χ1) is 6.64. The van der Waals surface area contributed by atoms with Crippen LogP contribution in [-0.2, 0) is 4.79 Å². The lowest BCUT2D eigenvalue weighted by Crippen LogP contribution is -2.56. The number of thiol groups is 1. The predicted molar refractivity (Wildman–Crippen MR) is 62.4 cm³/mol. The Kier molecular flexibility index (Phi) is 3.00. The molecule has 2 fully saturated rings. The van der Waals surface area contributed by atoms with Gasteiger partial charge in [0.2, 0.25) is 5.91 Å². The summed E-state index contributed by atoms with van der Waals surface area (Å²) in [7, 11) is 2.11. The normalized spacial score (nSPS) is 35.3. The van der Waals surface area contributed by atoms with E-state index < -0.39 is 0 Å². The average molecular weight is 232 g/mol. The van der Waals surface area contributed by atoms with Gasteiger partial charge < -0.3 is 4.90 Å². The maximum absolute atomic E-state index is 11.6. The minimum Gasteiger partial charge on any atom is -0.303 e. The third-order valence-corrected chi connectivity index (χ3v) is 5.14. The molecule has 1 atom stereocenters. The third kappa shape index (κ3) is 1.77. The Morgan fingerprint density at radius 1 is 1.57 bits per heavy atom. The quantitative estimate of drug-likeness (QED) is 0.635. The van der Waals surface area contributed by atoms with E-state index in [2.05, 4.69) is 24.8 Å². The van der Waals surface area contributed by atoms with Crippen LogP contribution >= 0.6 is 24.6 Å². The van der Waals surface area contributed by atoms with E-state index in [9.17, 15) is 4.79 Å². The Labute approximate surface area is 94.7 Å². The van der Waals surface area contributed by atoms with Crippen LogP contribution in [0.15, 0.2) is 0 Å². The number of rotatable bonds is 0. The van der Waals surface area contributed by atoms with Crippen molar-refractivity contribution in [3.63, 3.8) is 0 Å². The van der Waals surface area contributed by atoms with Crippen molar-refractivity contribution in [1.29, 1.82) is 0 Å². The standard InChI is InChI=1S/C9H16N2OS2/c1-10-5-2-4-9(7-10)11(13)8(12)3-6-14-9/h13H,2-7H2,1H3. The lowest BCUT2D eigenvalue weighted by Gasteiger charge is -2.48. The van der Waals surface area contributed by atoms with Crippen LogP contribution in [-0.4, -0.2) is 45.9 Å². The first-order valence-corrected chi connectivity index (χ1v) is 6.37. The van der Waals surface area contributed by atoms with Crippen molar-refractivity contribution < 1.29 is 4.79 Å². The zero-order chi connectivity index (χ0) is 10.2. The van der Waals surface area contributed by atoms with Gasteiger partial charge in [0, 0.05) is 18.7 Å². The number of hydrogen-bond donors (Lipinski definition) is 1. The topological polar surface area (TPSA) is 23.6 Å². The molecule has 14 heavy (non-hydrogen) atoms. The van der Waals surface area contributed by atoms with Gasteiger partial charge in [0.25, 0.3) is 0 Å². The van der Waals surface area contributed by atoms with Gasteiger partial charge in [-0.15, -0.1) is 11.8 Å². The fourth-order valence-electron chi connectivity index (χ4n) is 2.22. The Morgan fingerprint density at radius 2 is 2.36 bits per heavy atom. The van der Waals surface area contributed by atoms with Crippen LogP contribution in [0.1, 0.15) is 19.3 Å². The van der Waals surface area contributed by atoms with Crippen LogP contribution in [0.3, 0.4) is 0 Å². The molecule has 2 saturated heterocycles. The molecule has 2 rings (SSSR count). The maximum Gasteiger partial charge on any atom is 0.234 e. The van der Waals surface area contributed by atoms with Crippen LogP contribution in [0.4, 0.5) is 0 Å². The number of piperidine rings is 1. The molecule has 0 radical (unpaired) electrons. The molecule has 1 unspecified atom stereocenters. The minimum atomic E-state index is -0.0502. The molecule has 0 saturated carbocycles. The van der Waals surface area contributed by atoms with Crippen LogP contribution < -0.4 is 0 Å². The smallest absolute Gasteiger partial charge is 0.234 e. The van der Waals surface area contributed by atoms with E-state index in [1.54, 1.807) is 4.31 Å². The number of hydrogen-bond acceptors (Lipinski definition) is 4. The number of likely N-dealkylation sites (N-methyl/N-ethyl adjacent to an activating group) is 1. The predicted octanol–water partition coefficient (Wildman–Crippen LogP) is 1.22. The molecular weight excluding hydrogens is 216 g/mol. The van der Waals surface area contributed by atoms with Gasteiger partial charge in [-0.2, -0.15) is 0 Å². The highest BCUT2D eigenvalue weighted by atomic mass is 32.2. The van der Waals surface area contributed by atoms with Gasteiger partial charge in [-0.25, -0.2) is 0 Å². The Morgan fingerprint density at radius 3 is 3.07 bits per heavy atom. The molecule has 80 valence electrons. The molecule has 0 aromatic heterocycles. The van der Waals surface area contributed by atoms with Crippen molar-refractivity contribution >= 4 is 30.5 Å². The molecule has 1 spiro atoms. The summed E-state index contributed by atoms with van der Waals surface area (Å²) in [5, 5.41) is 0. The van der Waals surface area contributed by atoms with E-state index >= 15 is 0 Å². The molecule has 5 heteroatoms.